The van der Waals surface area contributed by atoms with Crippen LogP contribution in [0.5, 0.6) is 0 Å². The molecule has 12 heteroatoms. The summed E-state index contributed by atoms with van der Waals surface area (Å²) in [5, 5.41) is 2.37. The first-order valence-electron chi connectivity index (χ1n) is 10.2. The maximum absolute atomic E-state index is 13.4. The van der Waals surface area contributed by atoms with E-state index in [1.54, 1.807) is 0 Å². The van der Waals surface area contributed by atoms with Gasteiger partial charge in [0.15, 0.2) is 0 Å². The molecule has 0 aliphatic heterocycles. The zero-order valence-electron chi connectivity index (χ0n) is 18.0. The largest absolute Gasteiger partial charge is 0.416 e. The number of alkyl halides is 3. The lowest BCUT2D eigenvalue weighted by atomic mass is 10.2. The van der Waals surface area contributed by atoms with Gasteiger partial charge in [0.05, 0.1) is 10.5 Å². The summed E-state index contributed by atoms with van der Waals surface area (Å²) in [6.07, 6.45) is -4.49. The molecule has 0 saturated carbocycles. The van der Waals surface area contributed by atoms with Gasteiger partial charge in [0, 0.05) is 24.5 Å². The van der Waals surface area contributed by atoms with E-state index in [0.29, 0.717) is 0 Å². The lowest BCUT2D eigenvalue weighted by Crippen LogP contribution is -2.37. The summed E-state index contributed by atoms with van der Waals surface area (Å²) in [6, 6.07) is 12.3. The van der Waals surface area contributed by atoms with Crippen molar-refractivity contribution in [1.82, 2.24) is 4.72 Å². The summed E-state index contributed by atoms with van der Waals surface area (Å²) in [5.41, 5.74) is -0.801. The normalized spacial score (nSPS) is 11.8. The highest BCUT2D eigenvalue weighted by molar-refractivity contribution is 7.89. The highest BCUT2D eigenvalue weighted by Gasteiger charge is 2.30. The minimum absolute atomic E-state index is 0.0532. The SMILES string of the molecule is O=C(Nc1cccc(C(F)(F)F)c1)N(CCCNS(=O)(=O)c1ccc(F)cc1)c1ccc(F)cc1. The van der Waals surface area contributed by atoms with Crippen molar-refractivity contribution in [3.63, 3.8) is 0 Å². The first-order valence-corrected chi connectivity index (χ1v) is 11.7. The second-order valence-corrected chi connectivity index (χ2v) is 9.11. The van der Waals surface area contributed by atoms with Crippen LogP contribution in [0.4, 0.5) is 38.1 Å². The molecule has 0 spiro atoms. The molecule has 6 nitrogen and oxygen atoms in total. The number of hydrogen-bond donors (Lipinski definition) is 2. The molecule has 0 aliphatic carbocycles. The maximum Gasteiger partial charge on any atom is 0.416 e. The summed E-state index contributed by atoms with van der Waals surface area (Å²) in [7, 11) is -3.92. The van der Waals surface area contributed by atoms with Crippen LogP contribution in [0.2, 0.25) is 0 Å². The second kappa shape index (κ2) is 10.8. The van der Waals surface area contributed by atoms with Crippen molar-refractivity contribution in [3.05, 3.63) is 90.0 Å². The summed E-state index contributed by atoms with van der Waals surface area (Å²) in [5.74, 6) is -1.15. The zero-order valence-corrected chi connectivity index (χ0v) is 18.8. The molecule has 186 valence electrons. The summed E-state index contributed by atoms with van der Waals surface area (Å²) < 4.78 is 92.3. The first-order chi connectivity index (χ1) is 16.5. The van der Waals surface area contributed by atoms with Crippen LogP contribution in [0, 0.1) is 11.6 Å². The molecular formula is C23H20F5N3O3S. The van der Waals surface area contributed by atoms with Gasteiger partial charge in [-0.05, 0) is 73.2 Å². The van der Waals surface area contributed by atoms with Crippen molar-refractivity contribution in [2.45, 2.75) is 17.5 Å². The van der Waals surface area contributed by atoms with Gasteiger partial charge in [-0.2, -0.15) is 13.2 Å². The number of carbonyl (C=O) groups is 1. The van der Waals surface area contributed by atoms with Crippen LogP contribution in [0.3, 0.4) is 0 Å². The van der Waals surface area contributed by atoms with E-state index in [2.05, 4.69) is 10.0 Å². The number of halogens is 5. The Kier molecular flexibility index (Phi) is 8.07. The quantitative estimate of drug-likeness (QED) is 0.313. The standard InChI is InChI=1S/C23H20F5N3O3S/c24-17-5-9-20(10-6-17)31(22(32)30-19-4-1-3-16(15-19)23(26,27)28)14-2-13-29-35(33,34)21-11-7-18(25)8-12-21/h1,3-12,15,29H,2,13-14H2,(H,30,32). The zero-order chi connectivity index (χ0) is 25.6. The number of nitrogens with one attached hydrogen (secondary N) is 2. The molecule has 0 aliphatic rings. The van der Waals surface area contributed by atoms with Crippen LogP contribution >= 0.6 is 0 Å². The first kappa shape index (κ1) is 26.1. The number of anilines is 2. The molecule has 35 heavy (non-hydrogen) atoms. The lowest BCUT2D eigenvalue weighted by molar-refractivity contribution is -0.137. The predicted molar refractivity (Wildman–Crippen MR) is 120 cm³/mol. The summed E-state index contributed by atoms with van der Waals surface area (Å²) in [6.45, 7) is -0.156. The van der Waals surface area contributed by atoms with Gasteiger partial charge in [-0.1, -0.05) is 6.07 Å². The van der Waals surface area contributed by atoms with Gasteiger partial charge in [-0.3, -0.25) is 4.90 Å². The van der Waals surface area contributed by atoms with Crippen molar-refractivity contribution in [2.75, 3.05) is 23.3 Å². The van der Waals surface area contributed by atoms with E-state index in [0.717, 1.165) is 59.5 Å². The molecule has 3 aromatic rings. The topological polar surface area (TPSA) is 78.5 Å². The fourth-order valence-electron chi connectivity index (χ4n) is 3.07. The minimum Gasteiger partial charge on any atom is -0.308 e. The van der Waals surface area contributed by atoms with E-state index in [1.807, 2.05) is 0 Å². The third-order valence-corrected chi connectivity index (χ3v) is 6.28. The number of benzene rings is 3. The number of amides is 2. The molecule has 0 fully saturated rings. The van der Waals surface area contributed by atoms with Crippen LogP contribution in [0.15, 0.2) is 77.7 Å². The average Bonchev–Trinajstić information content (AvgIpc) is 2.80. The Morgan fingerprint density at radius 1 is 0.886 bits per heavy atom. The maximum atomic E-state index is 13.4. The average molecular weight is 513 g/mol. The van der Waals surface area contributed by atoms with Crippen molar-refractivity contribution < 1.29 is 35.2 Å². The van der Waals surface area contributed by atoms with E-state index >= 15 is 0 Å². The Bertz CT molecular complexity index is 1260. The second-order valence-electron chi connectivity index (χ2n) is 7.34. The molecule has 3 rings (SSSR count). The van der Waals surface area contributed by atoms with Crippen molar-refractivity contribution in [3.8, 4) is 0 Å². The molecule has 2 N–H and O–H groups in total. The lowest BCUT2D eigenvalue weighted by Gasteiger charge is -2.23. The minimum atomic E-state index is -4.60. The van der Waals surface area contributed by atoms with E-state index in [9.17, 15) is 35.2 Å². The fraction of sp³-hybridized carbons (Fsp3) is 0.174. The van der Waals surface area contributed by atoms with Gasteiger partial charge in [0.1, 0.15) is 11.6 Å². The van der Waals surface area contributed by atoms with E-state index < -0.39 is 39.4 Å². The predicted octanol–water partition coefficient (Wildman–Crippen LogP) is 5.39. The van der Waals surface area contributed by atoms with Crippen LogP contribution in [0.1, 0.15) is 12.0 Å². The number of sulfonamides is 1. The molecular weight excluding hydrogens is 493 g/mol. The number of carbonyl (C=O) groups excluding carboxylic acids is 1. The number of urea groups is 1. The molecule has 3 aromatic carbocycles. The highest BCUT2D eigenvalue weighted by atomic mass is 32.2. The Hall–Kier alpha value is -3.51. The highest BCUT2D eigenvalue weighted by Crippen LogP contribution is 2.31. The summed E-state index contributed by atoms with van der Waals surface area (Å²) in [4.78, 5) is 13.9. The molecule has 0 radical (unpaired) electrons. The van der Waals surface area contributed by atoms with E-state index in [4.69, 9.17) is 0 Å². The van der Waals surface area contributed by atoms with Crippen LogP contribution in [-0.4, -0.2) is 27.5 Å². The van der Waals surface area contributed by atoms with Gasteiger partial charge < -0.3 is 5.32 Å². The fourth-order valence-corrected chi connectivity index (χ4v) is 4.15. The third kappa shape index (κ3) is 7.23. The van der Waals surface area contributed by atoms with E-state index in [-0.39, 0.29) is 35.8 Å². The van der Waals surface area contributed by atoms with Gasteiger partial charge >= 0.3 is 12.2 Å². The van der Waals surface area contributed by atoms with Gasteiger partial charge in [0.2, 0.25) is 10.0 Å². The smallest absolute Gasteiger partial charge is 0.308 e. The molecule has 0 unspecified atom stereocenters. The molecule has 0 aromatic heterocycles. The van der Waals surface area contributed by atoms with Gasteiger partial charge in [-0.15, -0.1) is 0 Å². The molecule has 0 saturated heterocycles. The number of rotatable bonds is 8. The third-order valence-electron chi connectivity index (χ3n) is 4.80. The van der Waals surface area contributed by atoms with Crippen LogP contribution < -0.4 is 14.9 Å². The van der Waals surface area contributed by atoms with Crippen LogP contribution in [-0.2, 0) is 16.2 Å². The van der Waals surface area contributed by atoms with Gasteiger partial charge in [0.25, 0.3) is 0 Å². The Morgan fingerprint density at radius 3 is 2.09 bits per heavy atom. The molecule has 0 bridgehead atoms. The number of hydrogen-bond acceptors (Lipinski definition) is 3. The Labute approximate surface area is 198 Å². The molecule has 0 heterocycles. The van der Waals surface area contributed by atoms with Crippen LogP contribution in [0.25, 0.3) is 0 Å². The van der Waals surface area contributed by atoms with E-state index in [1.165, 1.54) is 18.2 Å². The van der Waals surface area contributed by atoms with Crippen molar-refractivity contribution in [1.29, 1.82) is 0 Å². The Morgan fingerprint density at radius 2 is 1.49 bits per heavy atom. The Balaban J connectivity index is 1.70. The van der Waals surface area contributed by atoms with Crippen molar-refractivity contribution >= 4 is 27.4 Å². The molecule has 2 amide bonds. The van der Waals surface area contributed by atoms with Crippen molar-refractivity contribution in [2.24, 2.45) is 0 Å². The summed E-state index contributed by atoms with van der Waals surface area (Å²) >= 11 is 0. The monoisotopic (exact) mass is 513 g/mol. The molecule has 0 atom stereocenters. The number of nitrogens with zero attached hydrogens (tertiary/aromatic N) is 1. The van der Waals surface area contributed by atoms with Gasteiger partial charge in [-0.25, -0.2) is 26.7 Å².